The summed E-state index contributed by atoms with van der Waals surface area (Å²) in [7, 11) is 1.59. The molecule has 2 aromatic carbocycles. The molecule has 1 aliphatic heterocycles. The van der Waals surface area contributed by atoms with Gasteiger partial charge < -0.3 is 20.3 Å². The zero-order valence-corrected chi connectivity index (χ0v) is 16.2. The van der Waals surface area contributed by atoms with Gasteiger partial charge in [-0.2, -0.15) is 0 Å². The van der Waals surface area contributed by atoms with Crippen molar-refractivity contribution < 1.29 is 13.9 Å². The molecule has 4 rings (SSSR count). The van der Waals surface area contributed by atoms with Crippen molar-refractivity contribution in [3.63, 3.8) is 0 Å². The van der Waals surface area contributed by atoms with Crippen molar-refractivity contribution in [2.75, 3.05) is 30.4 Å². The molecule has 0 aliphatic carbocycles. The van der Waals surface area contributed by atoms with Crippen LogP contribution in [-0.2, 0) is 6.54 Å². The van der Waals surface area contributed by atoms with Gasteiger partial charge in [0.2, 0.25) is 0 Å². The molecule has 0 atom stereocenters. The molecule has 0 unspecified atom stereocenters. The van der Waals surface area contributed by atoms with Gasteiger partial charge in [0.1, 0.15) is 17.1 Å². The van der Waals surface area contributed by atoms with Crippen LogP contribution in [0.1, 0.15) is 18.4 Å². The number of carbonyl (C=O) groups is 1. The zero-order chi connectivity index (χ0) is 20.2. The van der Waals surface area contributed by atoms with E-state index in [0.717, 1.165) is 43.1 Å². The van der Waals surface area contributed by atoms with Crippen molar-refractivity contribution in [1.82, 2.24) is 10.3 Å². The average Bonchev–Trinajstić information content (AvgIpc) is 3.27. The minimum absolute atomic E-state index is 0.316. The Morgan fingerprint density at radius 3 is 2.79 bits per heavy atom. The maximum Gasteiger partial charge on any atom is 0.319 e. The van der Waals surface area contributed by atoms with Crippen molar-refractivity contribution in [1.29, 1.82) is 0 Å². The van der Waals surface area contributed by atoms with E-state index in [9.17, 15) is 9.18 Å². The van der Waals surface area contributed by atoms with Crippen LogP contribution in [0.4, 0.5) is 20.7 Å². The Morgan fingerprint density at radius 1 is 1.17 bits per heavy atom. The predicted molar refractivity (Wildman–Crippen MR) is 112 cm³/mol. The number of halogens is 1. The third-order valence-corrected chi connectivity index (χ3v) is 5.01. The Balaban J connectivity index is 1.44. The molecule has 1 aliphatic rings. The highest BCUT2D eigenvalue weighted by molar-refractivity contribution is 5.93. The van der Waals surface area contributed by atoms with Crippen LogP contribution < -0.4 is 20.3 Å². The number of hydrogen-bond donors (Lipinski definition) is 2. The van der Waals surface area contributed by atoms with E-state index in [0.29, 0.717) is 23.1 Å². The standard InChI is InChI=1S/C22H23FN4O2/c1-29-18-6-4-5-15(11-18)14-24-22(28)25-17-12-16-7-8-20(27-9-2-3-10-27)26-21(16)19(23)13-17/h4-8,11-13H,2-3,9-10,14H2,1H3,(H2,24,25,28). The number of anilines is 2. The first-order valence-electron chi connectivity index (χ1n) is 9.65. The number of nitrogens with one attached hydrogen (secondary N) is 2. The molecule has 6 nitrogen and oxygen atoms in total. The molecule has 0 bridgehead atoms. The molecule has 2 N–H and O–H groups in total. The van der Waals surface area contributed by atoms with E-state index in [2.05, 4.69) is 20.5 Å². The number of urea groups is 1. The summed E-state index contributed by atoms with van der Waals surface area (Å²) in [6.45, 7) is 2.24. The van der Waals surface area contributed by atoms with Gasteiger partial charge >= 0.3 is 6.03 Å². The number of ether oxygens (including phenoxy) is 1. The highest BCUT2D eigenvalue weighted by Gasteiger charge is 2.15. The van der Waals surface area contributed by atoms with Gasteiger partial charge in [-0.25, -0.2) is 14.2 Å². The lowest BCUT2D eigenvalue weighted by molar-refractivity contribution is 0.251. The molecular weight excluding hydrogens is 371 g/mol. The van der Waals surface area contributed by atoms with Crippen molar-refractivity contribution in [2.45, 2.75) is 19.4 Å². The van der Waals surface area contributed by atoms with Crippen LogP contribution in [0.3, 0.4) is 0 Å². The third-order valence-electron chi connectivity index (χ3n) is 5.01. The maximum atomic E-state index is 14.6. The number of fused-ring (bicyclic) bond motifs is 1. The summed E-state index contributed by atoms with van der Waals surface area (Å²) in [6.07, 6.45) is 2.27. The molecule has 150 valence electrons. The third kappa shape index (κ3) is 4.39. The number of carbonyl (C=O) groups excluding carboxylic acids is 1. The van der Waals surface area contributed by atoms with Crippen molar-refractivity contribution in [2.24, 2.45) is 0 Å². The largest absolute Gasteiger partial charge is 0.497 e. The first-order chi connectivity index (χ1) is 14.1. The molecule has 3 aromatic rings. The second-order valence-corrected chi connectivity index (χ2v) is 7.05. The summed E-state index contributed by atoms with van der Waals surface area (Å²) in [4.78, 5) is 18.9. The van der Waals surface area contributed by atoms with E-state index in [-0.39, 0.29) is 0 Å². The van der Waals surface area contributed by atoms with Crippen LogP contribution in [0.25, 0.3) is 10.9 Å². The number of methoxy groups -OCH3 is 1. The van der Waals surface area contributed by atoms with E-state index in [1.807, 2.05) is 36.4 Å². The van der Waals surface area contributed by atoms with Crippen molar-refractivity contribution >= 4 is 28.4 Å². The SMILES string of the molecule is COc1cccc(CNC(=O)Nc2cc(F)c3nc(N4CCCC4)ccc3c2)c1. The minimum Gasteiger partial charge on any atom is -0.497 e. The van der Waals surface area contributed by atoms with Gasteiger partial charge in [-0.3, -0.25) is 0 Å². The van der Waals surface area contributed by atoms with Gasteiger partial charge in [0, 0.05) is 30.7 Å². The normalized spacial score (nSPS) is 13.5. The lowest BCUT2D eigenvalue weighted by atomic mass is 10.2. The number of nitrogens with zero attached hydrogens (tertiary/aromatic N) is 2. The summed E-state index contributed by atoms with van der Waals surface area (Å²) in [6, 6.07) is 13.8. The molecule has 2 heterocycles. The fourth-order valence-corrected chi connectivity index (χ4v) is 3.52. The lowest BCUT2D eigenvalue weighted by Crippen LogP contribution is -2.28. The van der Waals surface area contributed by atoms with Crippen LogP contribution in [0.15, 0.2) is 48.5 Å². The number of rotatable bonds is 5. The number of benzene rings is 2. The van der Waals surface area contributed by atoms with E-state index >= 15 is 0 Å². The summed E-state index contributed by atoms with van der Waals surface area (Å²) >= 11 is 0. The summed E-state index contributed by atoms with van der Waals surface area (Å²) in [5, 5.41) is 6.10. The second kappa shape index (κ2) is 8.34. The number of aromatic nitrogens is 1. The monoisotopic (exact) mass is 394 g/mol. The van der Waals surface area contributed by atoms with E-state index in [4.69, 9.17) is 4.74 Å². The molecule has 1 saturated heterocycles. The van der Waals surface area contributed by atoms with Crippen LogP contribution in [0, 0.1) is 5.82 Å². The van der Waals surface area contributed by atoms with Crippen LogP contribution in [-0.4, -0.2) is 31.2 Å². The molecule has 29 heavy (non-hydrogen) atoms. The summed E-state index contributed by atoms with van der Waals surface area (Å²) in [5.41, 5.74) is 1.61. The fourth-order valence-electron chi connectivity index (χ4n) is 3.52. The van der Waals surface area contributed by atoms with Gasteiger partial charge in [0.05, 0.1) is 7.11 Å². The summed E-state index contributed by atoms with van der Waals surface area (Å²) in [5.74, 6) is 1.07. The van der Waals surface area contributed by atoms with Gasteiger partial charge in [-0.15, -0.1) is 0 Å². The molecule has 1 fully saturated rings. The number of hydrogen-bond acceptors (Lipinski definition) is 4. The van der Waals surface area contributed by atoms with Gasteiger partial charge in [0.15, 0.2) is 5.82 Å². The number of pyridine rings is 1. The van der Waals surface area contributed by atoms with Crippen LogP contribution >= 0.6 is 0 Å². The summed E-state index contributed by atoms with van der Waals surface area (Å²) < 4.78 is 19.8. The Labute approximate surface area is 168 Å². The van der Waals surface area contributed by atoms with E-state index in [1.54, 1.807) is 13.2 Å². The Morgan fingerprint density at radius 2 is 2.00 bits per heavy atom. The minimum atomic E-state index is -0.452. The average molecular weight is 394 g/mol. The highest BCUT2D eigenvalue weighted by Crippen LogP contribution is 2.26. The molecule has 1 aromatic heterocycles. The predicted octanol–water partition coefficient (Wildman–Crippen LogP) is 4.30. The maximum absolute atomic E-state index is 14.6. The highest BCUT2D eigenvalue weighted by atomic mass is 19.1. The van der Waals surface area contributed by atoms with E-state index < -0.39 is 11.8 Å². The molecule has 0 saturated carbocycles. The topological polar surface area (TPSA) is 66.5 Å². The van der Waals surface area contributed by atoms with Gasteiger partial charge in [0.25, 0.3) is 0 Å². The zero-order valence-electron chi connectivity index (χ0n) is 16.2. The Kier molecular flexibility index (Phi) is 5.46. The first-order valence-corrected chi connectivity index (χ1v) is 9.65. The van der Waals surface area contributed by atoms with Gasteiger partial charge in [-0.05, 0) is 54.8 Å². The molecular formula is C22H23FN4O2. The lowest BCUT2D eigenvalue weighted by Gasteiger charge is -2.17. The Bertz CT molecular complexity index is 1030. The molecule has 7 heteroatoms. The smallest absolute Gasteiger partial charge is 0.319 e. The van der Waals surface area contributed by atoms with Crippen LogP contribution in [0.2, 0.25) is 0 Å². The van der Waals surface area contributed by atoms with Crippen molar-refractivity contribution in [3.8, 4) is 5.75 Å². The van der Waals surface area contributed by atoms with Gasteiger partial charge in [-0.1, -0.05) is 12.1 Å². The molecule has 2 amide bonds. The molecule has 0 spiro atoms. The molecule has 0 radical (unpaired) electrons. The van der Waals surface area contributed by atoms with E-state index in [1.165, 1.54) is 6.07 Å². The van der Waals surface area contributed by atoms with Crippen molar-refractivity contribution in [3.05, 3.63) is 59.9 Å². The van der Waals surface area contributed by atoms with Crippen LogP contribution in [0.5, 0.6) is 5.75 Å². The first kappa shape index (κ1) is 19.0. The fraction of sp³-hybridized carbons (Fsp3) is 0.273. The quantitative estimate of drug-likeness (QED) is 0.677. The number of amides is 2. The Hall–Kier alpha value is -3.35. The second-order valence-electron chi connectivity index (χ2n) is 7.05.